The highest BCUT2D eigenvalue weighted by molar-refractivity contribution is 7.93. The first-order chi connectivity index (χ1) is 19.4. The predicted octanol–water partition coefficient (Wildman–Crippen LogP) is 3.76. The molecule has 0 saturated carbocycles. The second kappa shape index (κ2) is 13.6. The van der Waals surface area contributed by atoms with Crippen molar-refractivity contribution in [3.63, 3.8) is 0 Å². The Morgan fingerprint density at radius 3 is 1.00 bits per heavy atom. The molecule has 0 amide bonds. The molecular formula is C14H15BF12O13S4Si. The van der Waals surface area contributed by atoms with Crippen molar-refractivity contribution >= 4 is 62.0 Å². The zero-order chi connectivity index (χ0) is 36.4. The fourth-order valence-corrected chi connectivity index (χ4v) is 4.65. The molecule has 0 fully saturated rings. The van der Waals surface area contributed by atoms with Crippen LogP contribution in [0.4, 0.5) is 52.7 Å². The van der Waals surface area contributed by atoms with E-state index in [2.05, 4.69) is 36.0 Å². The van der Waals surface area contributed by atoms with Crippen molar-refractivity contribution in [2.75, 3.05) is 0 Å². The van der Waals surface area contributed by atoms with Crippen molar-refractivity contribution in [1.82, 2.24) is 0 Å². The standard InChI is InChI=1S/C10H15OSi.C4BF12O12S4/c1-12(2,3)11-9-10-7-5-4-6-8-10;6-1(7,8)30(18,19)26-5(27-31(20,21)2(9,10)11,28-32(22,23)3(12,13)14)29-33(24,25)4(15,16)17/h4-9H,1-3H3;/q+1;-1. The molecule has 45 heavy (non-hydrogen) atoms. The summed E-state index contributed by atoms with van der Waals surface area (Å²) in [4.78, 5) is 0. The average Bonchev–Trinajstić information content (AvgIpc) is 2.73. The molecule has 1 rings (SSSR count). The second-order valence-electron chi connectivity index (χ2n) is 8.32. The molecule has 0 saturated heterocycles. The van der Waals surface area contributed by atoms with E-state index in [-0.39, 0.29) is 0 Å². The number of rotatable bonds is 10. The van der Waals surface area contributed by atoms with Crippen molar-refractivity contribution in [3.8, 4) is 0 Å². The van der Waals surface area contributed by atoms with Gasteiger partial charge in [-0.05, 0) is 12.1 Å². The van der Waals surface area contributed by atoms with Gasteiger partial charge in [0, 0.05) is 19.6 Å². The Morgan fingerprint density at radius 1 is 0.556 bits per heavy atom. The van der Waals surface area contributed by atoms with Gasteiger partial charge in [-0.15, -0.1) is 0 Å². The summed E-state index contributed by atoms with van der Waals surface area (Å²) in [6.07, 6.45) is 1.85. The van der Waals surface area contributed by atoms with E-state index >= 15 is 0 Å². The van der Waals surface area contributed by atoms with Gasteiger partial charge < -0.3 is 20.5 Å². The van der Waals surface area contributed by atoms with Crippen LogP contribution in [0.1, 0.15) is 9.68 Å². The molecule has 1 aromatic rings. The maximum atomic E-state index is 12.4. The smallest absolute Gasteiger partial charge is 0.398 e. The van der Waals surface area contributed by atoms with E-state index in [0.717, 1.165) is 5.56 Å². The summed E-state index contributed by atoms with van der Waals surface area (Å²) in [6.45, 7) is -1.37. The molecule has 0 aliphatic carbocycles. The molecule has 0 spiro atoms. The van der Waals surface area contributed by atoms with Gasteiger partial charge in [0.2, 0.25) is 0 Å². The Morgan fingerprint density at radius 2 is 0.800 bits per heavy atom. The van der Waals surface area contributed by atoms with Crippen molar-refractivity contribution in [3.05, 3.63) is 35.9 Å². The van der Waals surface area contributed by atoms with Crippen LogP contribution in [0.3, 0.4) is 0 Å². The minimum atomic E-state index is -8.05. The summed E-state index contributed by atoms with van der Waals surface area (Å²) >= 11 is 0. The summed E-state index contributed by atoms with van der Waals surface area (Å²) in [6, 6.07) is 10.1. The Labute approximate surface area is 246 Å². The minimum absolute atomic E-state index is 1.14. The summed E-state index contributed by atoms with van der Waals surface area (Å²) in [5.74, 6) is 0. The highest BCUT2D eigenvalue weighted by atomic mass is 32.2. The van der Waals surface area contributed by atoms with Crippen molar-refractivity contribution in [2.45, 2.75) is 41.7 Å². The van der Waals surface area contributed by atoms with Gasteiger partial charge in [0.15, 0.2) is 0 Å². The van der Waals surface area contributed by atoms with Gasteiger partial charge in [0.1, 0.15) is 0 Å². The van der Waals surface area contributed by atoms with Crippen molar-refractivity contribution in [1.29, 1.82) is 0 Å². The molecular weight excluding hydrogens is 771 g/mol. The summed E-state index contributed by atoms with van der Waals surface area (Å²) < 4.78 is 250. The van der Waals surface area contributed by atoms with Gasteiger partial charge in [0.25, 0.3) is 6.29 Å². The molecule has 0 heterocycles. The van der Waals surface area contributed by atoms with E-state index in [9.17, 15) is 86.4 Å². The van der Waals surface area contributed by atoms with E-state index in [0.29, 0.717) is 0 Å². The van der Waals surface area contributed by atoms with Crippen molar-refractivity contribution in [2.24, 2.45) is 0 Å². The normalized spacial score (nSPS) is 15.1. The SMILES string of the molecule is C[Si](C)(C)[O+]=Cc1ccccc1.O=S(=O)(O[B-](OS(=O)(=O)C(F)(F)F)(OS(=O)(=O)C(F)(F)F)OS(=O)(=O)C(F)(F)F)C(F)(F)F. The first kappa shape index (κ1) is 43.0. The lowest BCUT2D eigenvalue weighted by atomic mass is 10.1. The zero-order valence-corrected chi connectivity index (χ0v) is 25.8. The fraction of sp³-hybridized carbons (Fsp3) is 0.500. The van der Waals surface area contributed by atoms with Gasteiger partial charge in [-0.3, -0.25) is 0 Å². The zero-order valence-electron chi connectivity index (χ0n) is 21.5. The monoisotopic (exact) mass is 786 g/mol. The van der Waals surface area contributed by atoms with E-state index < -0.39 is 77.8 Å². The maximum absolute atomic E-state index is 12.4. The number of carbonyl (C=O) groups excluding carboxylic acids is 1. The third kappa shape index (κ3) is 12.9. The molecule has 0 N–H and O–H groups in total. The first-order valence-electron chi connectivity index (χ1n) is 10.2. The number of alkyl halides is 12. The molecule has 1 aromatic carbocycles. The third-order valence-electron chi connectivity index (χ3n) is 3.46. The molecule has 0 unspecified atom stereocenters. The van der Waals surface area contributed by atoms with Gasteiger partial charge in [-0.2, -0.15) is 86.4 Å². The lowest BCUT2D eigenvalue weighted by Crippen LogP contribution is -2.59. The van der Waals surface area contributed by atoms with Crippen LogP contribution in [0.15, 0.2) is 30.3 Å². The number of hydrogen-bond donors (Lipinski definition) is 0. The molecule has 0 bridgehead atoms. The predicted molar refractivity (Wildman–Crippen MR) is 125 cm³/mol. The molecule has 264 valence electrons. The molecule has 0 aromatic heterocycles. The molecule has 0 radical (unpaired) electrons. The van der Waals surface area contributed by atoms with Gasteiger partial charge in [-0.1, -0.05) is 18.2 Å². The number of halogens is 12. The van der Waals surface area contributed by atoms with Crippen LogP contribution in [-0.2, 0) is 56.9 Å². The molecule has 0 atom stereocenters. The molecule has 0 aliphatic rings. The summed E-state index contributed by atoms with van der Waals surface area (Å²) in [5.41, 5.74) is -27.4. The molecule has 0 aliphatic heterocycles. The first-order valence-corrected chi connectivity index (χ1v) is 19.2. The number of hydrogen-bond acceptors (Lipinski definition) is 12. The number of aldehydes is 1. The van der Waals surface area contributed by atoms with E-state index in [1.807, 2.05) is 36.6 Å². The van der Waals surface area contributed by atoms with Crippen LogP contribution in [0.2, 0.25) is 19.6 Å². The molecule has 13 nitrogen and oxygen atoms in total. The highest BCUT2D eigenvalue weighted by Crippen LogP contribution is 2.39. The summed E-state index contributed by atoms with van der Waals surface area (Å²) in [5, 5.41) is 0. The van der Waals surface area contributed by atoms with E-state index in [1.165, 1.54) is 0 Å². The van der Waals surface area contributed by atoms with Crippen LogP contribution in [-0.4, -0.2) is 77.3 Å². The largest absolute Gasteiger partial charge is 0.587 e. The van der Waals surface area contributed by atoms with Crippen LogP contribution in [0.25, 0.3) is 0 Å². The maximum Gasteiger partial charge on any atom is 0.587 e. The minimum Gasteiger partial charge on any atom is -0.398 e. The van der Waals surface area contributed by atoms with Crippen LogP contribution >= 0.6 is 0 Å². The fourth-order valence-electron chi connectivity index (χ4n) is 1.71. The van der Waals surface area contributed by atoms with E-state index in [1.54, 1.807) is 0 Å². The highest BCUT2D eigenvalue weighted by Gasteiger charge is 2.64. The van der Waals surface area contributed by atoms with Crippen LogP contribution < -0.4 is 0 Å². The second-order valence-corrected chi connectivity index (χ2v) is 19.0. The Kier molecular flexibility index (Phi) is 13.0. The van der Waals surface area contributed by atoms with Gasteiger partial charge in [-0.25, -0.2) is 0 Å². The Bertz CT molecular complexity index is 1440. The average molecular weight is 786 g/mol. The third-order valence-corrected chi connectivity index (χ3v) is 8.51. The topological polar surface area (TPSA) is 185 Å². The Hall–Kier alpha value is -2.03. The summed E-state index contributed by atoms with van der Waals surface area (Å²) in [7, 11) is -33.6. The van der Waals surface area contributed by atoms with Crippen LogP contribution in [0, 0.1) is 0 Å². The molecule has 31 heteroatoms. The quantitative estimate of drug-likeness (QED) is 0.110. The van der Waals surface area contributed by atoms with Gasteiger partial charge in [0.05, 0.1) is 5.56 Å². The van der Waals surface area contributed by atoms with E-state index in [4.69, 9.17) is 4.11 Å². The number of benzene rings is 1. The lowest BCUT2D eigenvalue weighted by molar-refractivity contribution is -0.0922. The van der Waals surface area contributed by atoms with Crippen molar-refractivity contribution < 1.29 is 107 Å². The van der Waals surface area contributed by atoms with Gasteiger partial charge >= 0.3 is 77.8 Å². The van der Waals surface area contributed by atoms with Crippen LogP contribution in [0.5, 0.6) is 0 Å². The lowest BCUT2D eigenvalue weighted by Gasteiger charge is -2.37. The Balaban J connectivity index is 0.00000133.